The van der Waals surface area contributed by atoms with Crippen molar-refractivity contribution in [2.75, 3.05) is 25.0 Å². The number of benzene rings is 1. The van der Waals surface area contributed by atoms with E-state index in [1.165, 1.54) is 4.90 Å². The van der Waals surface area contributed by atoms with Gasteiger partial charge < -0.3 is 19.7 Å². The van der Waals surface area contributed by atoms with Gasteiger partial charge in [0.2, 0.25) is 0 Å². The highest BCUT2D eigenvalue weighted by atomic mass is 16.5. The Balaban J connectivity index is 2.04. The van der Waals surface area contributed by atoms with Gasteiger partial charge in [-0.2, -0.15) is 0 Å². The molecule has 0 radical (unpaired) electrons. The van der Waals surface area contributed by atoms with Crippen LogP contribution in [0.5, 0.6) is 5.75 Å². The molecule has 0 bridgehead atoms. The van der Waals surface area contributed by atoms with Crippen LogP contribution in [0.3, 0.4) is 0 Å². The van der Waals surface area contributed by atoms with E-state index in [-0.39, 0.29) is 12.2 Å². The molecule has 6 nitrogen and oxygen atoms in total. The second-order valence-electron chi connectivity index (χ2n) is 5.35. The summed E-state index contributed by atoms with van der Waals surface area (Å²) in [6.07, 6.45) is -0.146. The highest BCUT2D eigenvalue weighted by Gasteiger charge is 2.30. The molecule has 0 spiro atoms. The average Bonchev–Trinajstić information content (AvgIpc) is 2.47. The van der Waals surface area contributed by atoms with Gasteiger partial charge in [0.1, 0.15) is 5.75 Å². The predicted octanol–water partition coefficient (Wildman–Crippen LogP) is 1.66. The van der Waals surface area contributed by atoms with E-state index >= 15 is 0 Å². The van der Waals surface area contributed by atoms with Crippen LogP contribution in [0, 0.1) is 0 Å². The first kappa shape index (κ1) is 16.3. The van der Waals surface area contributed by atoms with Crippen molar-refractivity contribution < 1.29 is 19.1 Å². The van der Waals surface area contributed by atoms with Crippen molar-refractivity contribution in [3.8, 4) is 5.75 Å². The highest BCUT2D eigenvalue weighted by Crippen LogP contribution is 2.23. The van der Waals surface area contributed by atoms with Crippen molar-refractivity contribution in [1.29, 1.82) is 0 Å². The lowest BCUT2D eigenvalue weighted by atomic mass is 10.2. The number of anilines is 1. The van der Waals surface area contributed by atoms with E-state index in [0.717, 1.165) is 0 Å². The average molecular weight is 306 g/mol. The number of carbonyl (C=O) groups excluding carboxylic acids is 2. The maximum atomic E-state index is 12.3. The van der Waals surface area contributed by atoms with Crippen LogP contribution >= 0.6 is 0 Å². The fraction of sp³-hybridized carbons (Fsp3) is 0.500. The number of amides is 2. The van der Waals surface area contributed by atoms with E-state index in [9.17, 15) is 9.59 Å². The molecule has 0 saturated carbocycles. The van der Waals surface area contributed by atoms with Crippen LogP contribution in [-0.2, 0) is 14.3 Å². The number of hydrogen-bond donors (Lipinski definition) is 1. The number of ether oxygens (including phenoxy) is 2. The summed E-state index contributed by atoms with van der Waals surface area (Å²) < 4.78 is 11.0. The third-order valence-corrected chi connectivity index (χ3v) is 3.34. The van der Waals surface area contributed by atoms with E-state index in [4.69, 9.17) is 9.47 Å². The van der Waals surface area contributed by atoms with Crippen molar-refractivity contribution in [2.45, 2.75) is 33.0 Å². The maximum absolute atomic E-state index is 12.3. The van der Waals surface area contributed by atoms with E-state index in [2.05, 4.69) is 5.32 Å². The first-order chi connectivity index (χ1) is 10.5. The molecule has 1 aromatic rings. The molecule has 0 aromatic heterocycles. The maximum Gasteiger partial charge on any atom is 0.314 e. The first-order valence-electron chi connectivity index (χ1n) is 7.48. The second-order valence-corrected chi connectivity index (χ2v) is 5.35. The third-order valence-electron chi connectivity index (χ3n) is 3.34. The summed E-state index contributed by atoms with van der Waals surface area (Å²) in [6, 6.07) is 7.05. The van der Waals surface area contributed by atoms with Crippen molar-refractivity contribution in [1.82, 2.24) is 4.90 Å². The van der Waals surface area contributed by atoms with Crippen LogP contribution in [0.2, 0.25) is 0 Å². The number of nitrogens with zero attached hydrogens (tertiary/aromatic N) is 1. The molecule has 1 fully saturated rings. The summed E-state index contributed by atoms with van der Waals surface area (Å²) in [4.78, 5) is 26.0. The zero-order valence-corrected chi connectivity index (χ0v) is 13.2. The van der Waals surface area contributed by atoms with Crippen LogP contribution in [0.1, 0.15) is 20.8 Å². The Morgan fingerprint density at radius 1 is 1.27 bits per heavy atom. The Bertz CT molecular complexity index is 537. The fourth-order valence-electron chi connectivity index (χ4n) is 2.51. The molecule has 1 saturated heterocycles. The molecular weight excluding hydrogens is 284 g/mol. The molecule has 1 aromatic carbocycles. The van der Waals surface area contributed by atoms with Gasteiger partial charge in [0.25, 0.3) is 0 Å². The fourth-order valence-corrected chi connectivity index (χ4v) is 2.51. The summed E-state index contributed by atoms with van der Waals surface area (Å²) >= 11 is 0. The summed E-state index contributed by atoms with van der Waals surface area (Å²) in [6.45, 7) is 6.96. The molecule has 2 atom stereocenters. The third kappa shape index (κ3) is 3.98. The molecule has 1 heterocycles. The molecular formula is C16H22N2O4. The van der Waals surface area contributed by atoms with E-state index in [1.807, 2.05) is 26.8 Å². The van der Waals surface area contributed by atoms with Crippen LogP contribution in [-0.4, -0.2) is 48.6 Å². The molecule has 1 aliphatic heterocycles. The van der Waals surface area contributed by atoms with Gasteiger partial charge in [-0.05, 0) is 32.9 Å². The van der Waals surface area contributed by atoms with E-state index < -0.39 is 11.8 Å². The number of nitrogens with one attached hydrogen (secondary N) is 1. The first-order valence-corrected chi connectivity index (χ1v) is 7.48. The molecule has 22 heavy (non-hydrogen) atoms. The zero-order valence-electron chi connectivity index (χ0n) is 13.2. The van der Waals surface area contributed by atoms with Crippen molar-refractivity contribution >= 4 is 17.5 Å². The minimum atomic E-state index is -0.659. The lowest BCUT2D eigenvalue weighted by Crippen LogP contribution is -2.51. The SMILES string of the molecule is CCOc1ccccc1NC(=O)C(=O)N1CC(C)OC(C)C1. The Morgan fingerprint density at radius 3 is 2.55 bits per heavy atom. The molecule has 6 heteroatoms. The monoisotopic (exact) mass is 306 g/mol. The number of para-hydroxylation sites is 2. The molecule has 1 N–H and O–H groups in total. The highest BCUT2D eigenvalue weighted by molar-refractivity contribution is 6.39. The van der Waals surface area contributed by atoms with Crippen LogP contribution in [0.25, 0.3) is 0 Å². The van der Waals surface area contributed by atoms with E-state index in [0.29, 0.717) is 31.1 Å². The van der Waals surface area contributed by atoms with Gasteiger partial charge in [-0.15, -0.1) is 0 Å². The van der Waals surface area contributed by atoms with Gasteiger partial charge in [-0.3, -0.25) is 9.59 Å². The standard InChI is InChI=1S/C16H22N2O4/c1-4-21-14-8-6-5-7-13(14)17-15(19)16(20)18-9-11(2)22-12(3)10-18/h5-8,11-12H,4,9-10H2,1-3H3,(H,17,19). The van der Waals surface area contributed by atoms with Gasteiger partial charge in [-0.1, -0.05) is 12.1 Å². The molecule has 2 rings (SSSR count). The molecule has 1 aliphatic rings. The normalized spacial score (nSPS) is 21.3. The molecule has 120 valence electrons. The van der Waals surface area contributed by atoms with Crippen LogP contribution in [0.4, 0.5) is 5.69 Å². The lowest BCUT2D eigenvalue weighted by molar-refractivity contribution is -0.151. The van der Waals surface area contributed by atoms with Crippen molar-refractivity contribution in [3.05, 3.63) is 24.3 Å². The van der Waals surface area contributed by atoms with Crippen molar-refractivity contribution in [2.24, 2.45) is 0 Å². The van der Waals surface area contributed by atoms with Gasteiger partial charge in [0.15, 0.2) is 0 Å². The topological polar surface area (TPSA) is 67.9 Å². The summed E-state index contributed by atoms with van der Waals surface area (Å²) in [5.74, 6) is -0.656. The summed E-state index contributed by atoms with van der Waals surface area (Å²) in [5, 5.41) is 2.63. The summed E-state index contributed by atoms with van der Waals surface area (Å²) in [5.41, 5.74) is 0.497. The quantitative estimate of drug-likeness (QED) is 0.862. The van der Waals surface area contributed by atoms with Crippen LogP contribution in [0.15, 0.2) is 24.3 Å². The predicted molar refractivity (Wildman–Crippen MR) is 82.8 cm³/mol. The smallest absolute Gasteiger partial charge is 0.314 e. The molecule has 0 aliphatic carbocycles. The lowest BCUT2D eigenvalue weighted by Gasteiger charge is -2.34. The zero-order chi connectivity index (χ0) is 16.1. The van der Waals surface area contributed by atoms with Gasteiger partial charge in [-0.25, -0.2) is 0 Å². The minimum Gasteiger partial charge on any atom is -0.492 e. The van der Waals surface area contributed by atoms with Crippen LogP contribution < -0.4 is 10.1 Å². The van der Waals surface area contributed by atoms with E-state index in [1.54, 1.807) is 18.2 Å². The minimum absolute atomic E-state index is 0.0730. The Labute approximate surface area is 130 Å². The Kier molecular flexibility index (Phi) is 5.38. The number of hydrogen-bond acceptors (Lipinski definition) is 4. The summed E-state index contributed by atoms with van der Waals surface area (Å²) in [7, 11) is 0. The van der Waals surface area contributed by atoms with Crippen molar-refractivity contribution in [3.63, 3.8) is 0 Å². The van der Waals surface area contributed by atoms with Gasteiger partial charge in [0.05, 0.1) is 24.5 Å². The van der Waals surface area contributed by atoms with Gasteiger partial charge >= 0.3 is 11.8 Å². The largest absolute Gasteiger partial charge is 0.492 e. The molecule has 2 amide bonds. The second kappa shape index (κ2) is 7.26. The number of carbonyl (C=O) groups is 2. The van der Waals surface area contributed by atoms with Gasteiger partial charge in [0, 0.05) is 13.1 Å². The number of rotatable bonds is 3. The Morgan fingerprint density at radius 2 is 1.91 bits per heavy atom. The molecule has 2 unspecified atom stereocenters. The number of morpholine rings is 1. The Hall–Kier alpha value is -2.08.